The minimum atomic E-state index is -1.70. The maximum Gasteiger partial charge on any atom is 0.167 e. The Kier molecular flexibility index (Phi) is 3.79. The number of carbonyl (C=O) groups is 1. The van der Waals surface area contributed by atoms with Gasteiger partial charge in [-0.2, -0.15) is 0 Å². The zero-order valence-corrected chi connectivity index (χ0v) is 8.13. The first-order valence-corrected chi connectivity index (χ1v) is 4.52. The van der Waals surface area contributed by atoms with Gasteiger partial charge in [-0.25, -0.2) is 0 Å². The third-order valence-electron chi connectivity index (χ3n) is 2.07. The molecule has 82 valence electrons. The molecule has 1 aromatic rings. The van der Waals surface area contributed by atoms with Gasteiger partial charge in [0.2, 0.25) is 0 Å². The average molecular weight is 210 g/mol. The van der Waals surface area contributed by atoms with Crippen molar-refractivity contribution < 1.29 is 15.0 Å². The molecular formula is C10H14N2O3. The number of aliphatic hydroxyl groups excluding tert-OH is 1. The van der Waals surface area contributed by atoms with E-state index in [1.54, 1.807) is 24.3 Å². The highest BCUT2D eigenvalue weighted by molar-refractivity contribution is 6.00. The van der Waals surface area contributed by atoms with Crippen molar-refractivity contribution in [3.05, 3.63) is 29.8 Å². The Labute approximate surface area is 87.3 Å². The largest absolute Gasteiger partial charge is 0.398 e. The van der Waals surface area contributed by atoms with E-state index in [1.807, 2.05) is 0 Å². The average Bonchev–Trinajstić information content (AvgIpc) is 2.18. The van der Waals surface area contributed by atoms with E-state index in [-0.39, 0.29) is 12.2 Å². The predicted octanol–water partition coefficient (Wildman–Crippen LogP) is -0.520. The van der Waals surface area contributed by atoms with E-state index in [0.717, 1.165) is 0 Å². The van der Waals surface area contributed by atoms with Crippen molar-refractivity contribution >= 4 is 11.5 Å². The van der Waals surface area contributed by atoms with E-state index >= 15 is 0 Å². The van der Waals surface area contributed by atoms with Gasteiger partial charge in [-0.1, -0.05) is 12.1 Å². The maximum absolute atomic E-state index is 11.6. The highest BCUT2D eigenvalue weighted by atomic mass is 16.5. The lowest BCUT2D eigenvalue weighted by Gasteiger charge is -2.13. The highest BCUT2D eigenvalue weighted by Crippen LogP contribution is 2.13. The number of para-hydroxylation sites is 1. The summed E-state index contributed by atoms with van der Waals surface area (Å²) in [4.78, 5) is 11.6. The Morgan fingerprint density at radius 2 is 1.93 bits per heavy atom. The lowest BCUT2D eigenvalue weighted by Crippen LogP contribution is -2.36. The SMILES string of the molecule is Nc1ccccc1C(=O)CC(N)C(O)O. The number of nitrogens with two attached hydrogens (primary N) is 2. The molecule has 0 spiro atoms. The van der Waals surface area contributed by atoms with E-state index in [1.165, 1.54) is 0 Å². The van der Waals surface area contributed by atoms with Crippen LogP contribution >= 0.6 is 0 Å². The molecule has 5 nitrogen and oxygen atoms in total. The van der Waals surface area contributed by atoms with Gasteiger partial charge in [0.05, 0.1) is 6.04 Å². The molecule has 1 rings (SSSR count). The second-order valence-electron chi connectivity index (χ2n) is 3.29. The molecule has 5 heteroatoms. The maximum atomic E-state index is 11.6. The van der Waals surface area contributed by atoms with Crippen LogP contribution in [-0.4, -0.2) is 28.3 Å². The van der Waals surface area contributed by atoms with Crippen molar-refractivity contribution in [1.82, 2.24) is 0 Å². The van der Waals surface area contributed by atoms with Crippen LogP contribution in [0.2, 0.25) is 0 Å². The summed E-state index contributed by atoms with van der Waals surface area (Å²) in [5, 5.41) is 17.5. The number of benzene rings is 1. The van der Waals surface area contributed by atoms with Gasteiger partial charge in [-0.05, 0) is 12.1 Å². The monoisotopic (exact) mass is 210 g/mol. The normalized spacial score (nSPS) is 12.8. The number of nitrogen functional groups attached to an aromatic ring is 1. The van der Waals surface area contributed by atoms with Crippen molar-refractivity contribution in [3.63, 3.8) is 0 Å². The minimum Gasteiger partial charge on any atom is -0.398 e. The standard InChI is InChI=1S/C10H14N2O3/c11-7-4-2-1-3-6(7)9(13)5-8(12)10(14)15/h1-4,8,10,14-15H,5,11-12H2. The van der Waals surface area contributed by atoms with Crippen LogP contribution in [0.15, 0.2) is 24.3 Å². The summed E-state index contributed by atoms with van der Waals surface area (Å²) in [7, 11) is 0. The summed E-state index contributed by atoms with van der Waals surface area (Å²) in [6.07, 6.45) is -1.84. The van der Waals surface area contributed by atoms with Crippen molar-refractivity contribution in [3.8, 4) is 0 Å². The van der Waals surface area contributed by atoms with Gasteiger partial charge >= 0.3 is 0 Å². The van der Waals surface area contributed by atoms with E-state index in [2.05, 4.69) is 0 Å². The quantitative estimate of drug-likeness (QED) is 0.304. The van der Waals surface area contributed by atoms with Gasteiger partial charge in [0.15, 0.2) is 12.1 Å². The molecule has 0 radical (unpaired) electrons. The first kappa shape index (κ1) is 11.6. The van der Waals surface area contributed by atoms with Gasteiger partial charge in [-0.15, -0.1) is 0 Å². The summed E-state index contributed by atoms with van der Waals surface area (Å²) >= 11 is 0. The zero-order chi connectivity index (χ0) is 11.4. The number of Topliss-reactive ketones (excluding diaryl/α,β-unsaturated/α-hetero) is 1. The lowest BCUT2D eigenvalue weighted by atomic mass is 10.0. The van der Waals surface area contributed by atoms with E-state index < -0.39 is 12.3 Å². The Morgan fingerprint density at radius 3 is 2.47 bits per heavy atom. The van der Waals surface area contributed by atoms with E-state index in [9.17, 15) is 4.79 Å². The number of hydrogen-bond donors (Lipinski definition) is 4. The fourth-order valence-electron chi connectivity index (χ4n) is 1.18. The molecule has 0 saturated carbocycles. The van der Waals surface area contributed by atoms with Crippen molar-refractivity contribution in [2.75, 3.05) is 5.73 Å². The minimum absolute atomic E-state index is 0.147. The molecule has 0 saturated heterocycles. The van der Waals surface area contributed by atoms with Crippen LogP contribution in [-0.2, 0) is 0 Å². The van der Waals surface area contributed by atoms with Crippen LogP contribution in [0, 0.1) is 0 Å². The van der Waals surface area contributed by atoms with Crippen LogP contribution in [0.1, 0.15) is 16.8 Å². The molecule has 1 atom stereocenters. The molecule has 0 aliphatic heterocycles. The molecule has 0 aliphatic carbocycles. The molecule has 6 N–H and O–H groups in total. The van der Waals surface area contributed by atoms with Crippen LogP contribution in [0.4, 0.5) is 5.69 Å². The Morgan fingerprint density at radius 1 is 1.33 bits per heavy atom. The van der Waals surface area contributed by atoms with Crippen LogP contribution in [0.25, 0.3) is 0 Å². The van der Waals surface area contributed by atoms with E-state index in [0.29, 0.717) is 11.3 Å². The second-order valence-corrected chi connectivity index (χ2v) is 3.29. The molecule has 1 aromatic carbocycles. The van der Waals surface area contributed by atoms with Crippen LogP contribution < -0.4 is 11.5 Å². The Balaban J connectivity index is 2.74. The fourth-order valence-corrected chi connectivity index (χ4v) is 1.18. The molecular weight excluding hydrogens is 196 g/mol. The highest BCUT2D eigenvalue weighted by Gasteiger charge is 2.18. The summed E-state index contributed by atoms with van der Waals surface area (Å²) in [6, 6.07) is 5.59. The number of anilines is 1. The van der Waals surface area contributed by atoms with Gasteiger partial charge in [-0.3, -0.25) is 4.79 Å². The number of aliphatic hydroxyl groups is 2. The Hall–Kier alpha value is -1.43. The van der Waals surface area contributed by atoms with Gasteiger partial charge < -0.3 is 21.7 Å². The third-order valence-corrected chi connectivity index (χ3v) is 2.07. The molecule has 0 aliphatic rings. The lowest BCUT2D eigenvalue weighted by molar-refractivity contribution is -0.0579. The summed E-state index contributed by atoms with van der Waals surface area (Å²) in [5.74, 6) is -0.297. The van der Waals surface area contributed by atoms with Gasteiger partial charge in [0, 0.05) is 17.7 Å². The smallest absolute Gasteiger partial charge is 0.167 e. The second kappa shape index (κ2) is 4.88. The topological polar surface area (TPSA) is 110 Å². The van der Waals surface area contributed by atoms with Crippen molar-refractivity contribution in [1.29, 1.82) is 0 Å². The van der Waals surface area contributed by atoms with E-state index in [4.69, 9.17) is 21.7 Å². The number of ketones is 1. The van der Waals surface area contributed by atoms with Crippen molar-refractivity contribution in [2.45, 2.75) is 18.8 Å². The van der Waals surface area contributed by atoms with Crippen LogP contribution in [0.3, 0.4) is 0 Å². The molecule has 1 unspecified atom stereocenters. The molecule has 0 aromatic heterocycles. The molecule has 0 heterocycles. The molecule has 0 bridgehead atoms. The molecule has 15 heavy (non-hydrogen) atoms. The number of hydrogen-bond acceptors (Lipinski definition) is 5. The molecule has 0 fully saturated rings. The Bertz CT molecular complexity index is 352. The van der Waals surface area contributed by atoms with Gasteiger partial charge in [0.1, 0.15) is 0 Å². The number of rotatable bonds is 4. The predicted molar refractivity (Wildman–Crippen MR) is 56.0 cm³/mol. The third kappa shape index (κ3) is 3.02. The van der Waals surface area contributed by atoms with Crippen LogP contribution in [0.5, 0.6) is 0 Å². The first-order valence-electron chi connectivity index (χ1n) is 4.52. The molecule has 0 amide bonds. The van der Waals surface area contributed by atoms with Gasteiger partial charge in [0.25, 0.3) is 0 Å². The summed E-state index contributed by atoms with van der Waals surface area (Å²) in [6.45, 7) is 0. The summed E-state index contributed by atoms with van der Waals surface area (Å²) in [5.41, 5.74) is 11.6. The fraction of sp³-hybridized carbons (Fsp3) is 0.300. The first-order chi connectivity index (χ1) is 7.02. The number of carbonyl (C=O) groups excluding carboxylic acids is 1. The summed E-state index contributed by atoms with van der Waals surface area (Å²) < 4.78 is 0. The zero-order valence-electron chi connectivity index (χ0n) is 8.13. The van der Waals surface area contributed by atoms with Crippen molar-refractivity contribution in [2.24, 2.45) is 5.73 Å².